The fourth-order valence-corrected chi connectivity index (χ4v) is 1.99. The number of halogens is 1. The summed E-state index contributed by atoms with van der Waals surface area (Å²) in [6.07, 6.45) is 0. The van der Waals surface area contributed by atoms with Crippen LogP contribution in [0.1, 0.15) is 35.7 Å². The summed E-state index contributed by atoms with van der Waals surface area (Å²) in [5.74, 6) is 0.203. The van der Waals surface area contributed by atoms with Crippen LogP contribution in [0.5, 0.6) is 11.5 Å². The molecule has 0 saturated carbocycles. The van der Waals surface area contributed by atoms with Crippen molar-refractivity contribution in [3.8, 4) is 11.5 Å². The van der Waals surface area contributed by atoms with Crippen LogP contribution in [0.15, 0.2) is 42.5 Å². The number of hydrogen-bond acceptors (Lipinski definition) is 2. The molecule has 0 amide bonds. The Kier molecular flexibility index (Phi) is 4.30. The Labute approximate surface area is 122 Å². The van der Waals surface area contributed by atoms with Gasteiger partial charge in [-0.2, -0.15) is 0 Å². The van der Waals surface area contributed by atoms with E-state index in [1.165, 1.54) is 6.07 Å². The molecule has 0 radical (unpaired) electrons. The second-order valence-corrected chi connectivity index (χ2v) is 5.21. The number of ether oxygens (including phenoxy) is 1. The van der Waals surface area contributed by atoms with Gasteiger partial charge < -0.3 is 9.84 Å². The Morgan fingerprint density at radius 1 is 1.20 bits per heavy atom. The van der Waals surface area contributed by atoms with Crippen molar-refractivity contribution >= 4 is 17.6 Å². The molecule has 2 aromatic rings. The molecule has 0 fully saturated rings. The van der Waals surface area contributed by atoms with Crippen LogP contribution >= 0.6 is 11.6 Å². The molecule has 0 aliphatic carbocycles. The standard InChI is InChI=1S/C16H15ClO3/c1-10(2)11-4-3-5-13(8-11)20-15-7-6-12(17)9-14(15)16(18)19/h3-10H,1-2H3,(H,18,19). The molecule has 3 nitrogen and oxygen atoms in total. The van der Waals surface area contributed by atoms with E-state index in [1.54, 1.807) is 18.2 Å². The average Bonchev–Trinajstić information content (AvgIpc) is 2.41. The topological polar surface area (TPSA) is 46.5 Å². The minimum Gasteiger partial charge on any atom is -0.478 e. The van der Waals surface area contributed by atoms with Crippen LogP contribution in [-0.2, 0) is 0 Å². The van der Waals surface area contributed by atoms with E-state index in [9.17, 15) is 9.90 Å². The smallest absolute Gasteiger partial charge is 0.339 e. The quantitative estimate of drug-likeness (QED) is 0.866. The van der Waals surface area contributed by atoms with Crippen molar-refractivity contribution < 1.29 is 14.6 Å². The van der Waals surface area contributed by atoms with Gasteiger partial charge >= 0.3 is 5.97 Å². The maximum Gasteiger partial charge on any atom is 0.339 e. The van der Waals surface area contributed by atoms with Gasteiger partial charge in [0.2, 0.25) is 0 Å². The molecule has 0 aromatic heterocycles. The number of carboxylic acids is 1. The highest BCUT2D eigenvalue weighted by atomic mass is 35.5. The van der Waals surface area contributed by atoms with Crippen LogP contribution in [0.3, 0.4) is 0 Å². The largest absolute Gasteiger partial charge is 0.478 e. The molecule has 0 heterocycles. The summed E-state index contributed by atoms with van der Waals surface area (Å²) in [5, 5.41) is 9.54. The summed E-state index contributed by atoms with van der Waals surface area (Å²) in [7, 11) is 0. The van der Waals surface area contributed by atoms with Gasteiger partial charge in [0.15, 0.2) is 0 Å². The molecule has 2 aromatic carbocycles. The normalized spacial score (nSPS) is 10.6. The van der Waals surface area contributed by atoms with Gasteiger partial charge in [0.1, 0.15) is 17.1 Å². The molecule has 0 saturated heterocycles. The van der Waals surface area contributed by atoms with Gasteiger partial charge in [-0.25, -0.2) is 4.79 Å². The highest BCUT2D eigenvalue weighted by Crippen LogP contribution is 2.29. The molecular formula is C16H15ClO3. The second-order valence-electron chi connectivity index (χ2n) is 4.77. The molecule has 0 atom stereocenters. The first-order valence-corrected chi connectivity index (χ1v) is 6.66. The Morgan fingerprint density at radius 2 is 1.95 bits per heavy atom. The van der Waals surface area contributed by atoms with Crippen LogP contribution < -0.4 is 4.74 Å². The molecule has 0 aliphatic heterocycles. The van der Waals surface area contributed by atoms with Crippen LogP contribution in [0.4, 0.5) is 0 Å². The molecule has 0 spiro atoms. The number of carboxylic acid groups (broad SMARTS) is 1. The van der Waals surface area contributed by atoms with Crippen molar-refractivity contribution in [2.24, 2.45) is 0 Å². The second kappa shape index (κ2) is 5.97. The predicted octanol–water partition coefficient (Wildman–Crippen LogP) is 4.95. The third-order valence-electron chi connectivity index (χ3n) is 2.92. The van der Waals surface area contributed by atoms with Crippen LogP contribution in [0, 0.1) is 0 Å². The highest BCUT2D eigenvalue weighted by molar-refractivity contribution is 6.31. The van der Waals surface area contributed by atoms with Crippen molar-refractivity contribution in [1.82, 2.24) is 0 Å². The summed E-state index contributed by atoms with van der Waals surface area (Å²) in [5.41, 5.74) is 1.18. The van der Waals surface area contributed by atoms with Gasteiger partial charge in [-0.05, 0) is 41.8 Å². The lowest BCUT2D eigenvalue weighted by atomic mass is 10.0. The fourth-order valence-electron chi connectivity index (χ4n) is 1.82. The van der Waals surface area contributed by atoms with Gasteiger partial charge in [-0.1, -0.05) is 37.6 Å². The van der Waals surface area contributed by atoms with E-state index in [0.717, 1.165) is 5.56 Å². The Morgan fingerprint density at radius 3 is 2.60 bits per heavy atom. The third kappa shape index (κ3) is 3.31. The number of carbonyl (C=O) groups is 1. The molecule has 1 N–H and O–H groups in total. The SMILES string of the molecule is CC(C)c1cccc(Oc2ccc(Cl)cc2C(=O)O)c1. The van der Waals surface area contributed by atoms with Crippen LogP contribution in [0.2, 0.25) is 5.02 Å². The first-order valence-electron chi connectivity index (χ1n) is 6.28. The first-order chi connectivity index (χ1) is 9.47. The summed E-state index contributed by atoms with van der Waals surface area (Å²) >= 11 is 5.81. The summed E-state index contributed by atoms with van der Waals surface area (Å²) in [6.45, 7) is 4.17. The average molecular weight is 291 g/mol. The maximum atomic E-state index is 11.2. The van der Waals surface area contributed by atoms with E-state index in [4.69, 9.17) is 16.3 Å². The van der Waals surface area contributed by atoms with E-state index < -0.39 is 5.97 Å². The van der Waals surface area contributed by atoms with Crippen molar-refractivity contribution in [2.45, 2.75) is 19.8 Å². The minimum absolute atomic E-state index is 0.0486. The first kappa shape index (κ1) is 14.4. The lowest BCUT2D eigenvalue weighted by Crippen LogP contribution is -2.00. The molecule has 0 unspecified atom stereocenters. The Bertz CT molecular complexity index is 635. The summed E-state index contributed by atoms with van der Waals surface area (Å²) in [4.78, 5) is 11.2. The molecule has 20 heavy (non-hydrogen) atoms. The molecule has 4 heteroatoms. The van der Waals surface area contributed by atoms with Crippen molar-refractivity contribution in [3.63, 3.8) is 0 Å². The van der Waals surface area contributed by atoms with E-state index in [-0.39, 0.29) is 11.3 Å². The maximum absolute atomic E-state index is 11.2. The monoisotopic (exact) mass is 290 g/mol. The number of benzene rings is 2. The lowest BCUT2D eigenvalue weighted by molar-refractivity contribution is 0.0694. The van der Waals surface area contributed by atoms with Crippen molar-refractivity contribution in [3.05, 3.63) is 58.6 Å². The molecular weight excluding hydrogens is 276 g/mol. The third-order valence-corrected chi connectivity index (χ3v) is 3.16. The van der Waals surface area contributed by atoms with E-state index in [1.807, 2.05) is 18.2 Å². The zero-order valence-electron chi connectivity index (χ0n) is 11.3. The minimum atomic E-state index is -1.07. The van der Waals surface area contributed by atoms with Crippen LogP contribution in [0.25, 0.3) is 0 Å². The summed E-state index contributed by atoms with van der Waals surface area (Å²) in [6, 6.07) is 12.2. The molecule has 104 valence electrons. The lowest BCUT2D eigenvalue weighted by Gasteiger charge is -2.11. The van der Waals surface area contributed by atoms with E-state index in [0.29, 0.717) is 16.7 Å². The number of aromatic carboxylic acids is 1. The van der Waals surface area contributed by atoms with Crippen molar-refractivity contribution in [1.29, 1.82) is 0 Å². The Balaban J connectivity index is 2.35. The van der Waals surface area contributed by atoms with E-state index in [2.05, 4.69) is 13.8 Å². The fraction of sp³-hybridized carbons (Fsp3) is 0.188. The predicted molar refractivity (Wildman–Crippen MR) is 79.0 cm³/mol. The van der Waals surface area contributed by atoms with Gasteiger partial charge in [0.05, 0.1) is 0 Å². The zero-order valence-corrected chi connectivity index (χ0v) is 12.0. The van der Waals surface area contributed by atoms with E-state index >= 15 is 0 Å². The highest BCUT2D eigenvalue weighted by Gasteiger charge is 2.13. The molecule has 0 bridgehead atoms. The molecule has 0 aliphatic rings. The van der Waals surface area contributed by atoms with Crippen molar-refractivity contribution in [2.75, 3.05) is 0 Å². The van der Waals surface area contributed by atoms with Gasteiger partial charge in [0.25, 0.3) is 0 Å². The van der Waals surface area contributed by atoms with Gasteiger partial charge in [0, 0.05) is 5.02 Å². The van der Waals surface area contributed by atoms with Gasteiger partial charge in [-0.3, -0.25) is 0 Å². The van der Waals surface area contributed by atoms with Crippen LogP contribution in [-0.4, -0.2) is 11.1 Å². The number of rotatable bonds is 4. The Hall–Kier alpha value is -2.00. The number of hydrogen-bond donors (Lipinski definition) is 1. The summed E-state index contributed by atoms with van der Waals surface area (Å²) < 4.78 is 5.68. The molecule has 2 rings (SSSR count). The zero-order chi connectivity index (χ0) is 14.7. The van der Waals surface area contributed by atoms with Gasteiger partial charge in [-0.15, -0.1) is 0 Å².